The van der Waals surface area contributed by atoms with Crippen LogP contribution in [0.4, 0.5) is 11.4 Å². The lowest BCUT2D eigenvalue weighted by Gasteiger charge is -2.27. The second kappa shape index (κ2) is 4.17. The predicted molar refractivity (Wildman–Crippen MR) is 82.8 cm³/mol. The Balaban J connectivity index is 2.02. The number of pyridine rings is 1. The van der Waals surface area contributed by atoms with E-state index in [-0.39, 0.29) is 0 Å². The number of amidine groups is 1. The van der Waals surface area contributed by atoms with Crippen molar-refractivity contribution >= 4 is 28.0 Å². The van der Waals surface area contributed by atoms with E-state index in [0.717, 1.165) is 17.2 Å². The summed E-state index contributed by atoms with van der Waals surface area (Å²) in [5.74, 6) is 0.886. The molecule has 0 fully saturated rings. The maximum Gasteiger partial charge on any atom is 0.159 e. The second-order valence-electron chi connectivity index (χ2n) is 4.86. The minimum Gasteiger partial charge on any atom is -0.327 e. The summed E-state index contributed by atoms with van der Waals surface area (Å²) in [7, 11) is 2.04. The summed E-state index contributed by atoms with van der Waals surface area (Å²) in [6.45, 7) is 0. The average molecular weight is 259 g/mol. The molecule has 0 bridgehead atoms. The molecule has 4 rings (SSSR count). The summed E-state index contributed by atoms with van der Waals surface area (Å²) in [6.07, 6.45) is 1.80. The first-order chi connectivity index (χ1) is 9.84. The summed E-state index contributed by atoms with van der Waals surface area (Å²) in [5, 5.41) is 2.42. The maximum atomic E-state index is 4.79. The van der Waals surface area contributed by atoms with Gasteiger partial charge >= 0.3 is 0 Å². The molecule has 96 valence electrons. The van der Waals surface area contributed by atoms with Gasteiger partial charge in [-0.25, -0.2) is 4.99 Å². The number of benzene rings is 2. The quantitative estimate of drug-likeness (QED) is 0.665. The van der Waals surface area contributed by atoms with Crippen LogP contribution >= 0.6 is 0 Å². The van der Waals surface area contributed by atoms with E-state index in [9.17, 15) is 0 Å². The first kappa shape index (κ1) is 11.2. The van der Waals surface area contributed by atoms with Crippen molar-refractivity contribution in [2.75, 3.05) is 11.9 Å². The third kappa shape index (κ3) is 1.53. The van der Waals surface area contributed by atoms with Crippen LogP contribution in [0.5, 0.6) is 0 Å². The molecule has 0 N–H and O–H groups in total. The first-order valence-corrected chi connectivity index (χ1v) is 6.60. The lowest BCUT2D eigenvalue weighted by molar-refractivity contribution is 1.19. The van der Waals surface area contributed by atoms with E-state index in [1.807, 2.05) is 31.3 Å². The van der Waals surface area contributed by atoms with E-state index >= 15 is 0 Å². The molecule has 0 radical (unpaired) electrons. The molecule has 3 nitrogen and oxygen atoms in total. The molecule has 1 aliphatic rings. The van der Waals surface area contributed by atoms with Crippen molar-refractivity contribution in [2.45, 2.75) is 0 Å². The van der Waals surface area contributed by atoms with Crippen molar-refractivity contribution in [3.63, 3.8) is 0 Å². The smallest absolute Gasteiger partial charge is 0.159 e. The van der Waals surface area contributed by atoms with Gasteiger partial charge in [0.15, 0.2) is 5.84 Å². The standard InChI is InChI=1S/C17H13N3/c1-20-15-10-5-7-12-6-4-9-13(16(12)15)19-17(20)14-8-2-3-11-18-14/h2-11H,1H3. The Morgan fingerprint density at radius 1 is 0.900 bits per heavy atom. The zero-order valence-corrected chi connectivity index (χ0v) is 11.1. The highest BCUT2D eigenvalue weighted by Crippen LogP contribution is 2.38. The average Bonchev–Trinajstić information content (AvgIpc) is 2.52. The van der Waals surface area contributed by atoms with E-state index in [4.69, 9.17) is 4.99 Å². The van der Waals surface area contributed by atoms with Crippen molar-refractivity contribution in [2.24, 2.45) is 4.99 Å². The number of hydrogen-bond acceptors (Lipinski definition) is 3. The van der Waals surface area contributed by atoms with E-state index in [2.05, 4.69) is 40.2 Å². The highest BCUT2D eigenvalue weighted by atomic mass is 15.2. The summed E-state index contributed by atoms with van der Waals surface area (Å²) in [5.41, 5.74) is 3.08. The number of hydrogen-bond donors (Lipinski definition) is 0. The van der Waals surface area contributed by atoms with Gasteiger partial charge in [0, 0.05) is 18.6 Å². The van der Waals surface area contributed by atoms with Crippen molar-refractivity contribution in [3.05, 3.63) is 66.5 Å². The molecule has 3 heteroatoms. The molecule has 0 aliphatic carbocycles. The zero-order valence-electron chi connectivity index (χ0n) is 11.1. The Kier molecular flexibility index (Phi) is 2.33. The maximum absolute atomic E-state index is 4.79. The zero-order chi connectivity index (χ0) is 13.5. The predicted octanol–water partition coefficient (Wildman–Crippen LogP) is 3.76. The molecule has 0 saturated heterocycles. The third-order valence-corrected chi connectivity index (χ3v) is 3.66. The van der Waals surface area contributed by atoms with Gasteiger partial charge in [0.2, 0.25) is 0 Å². The summed E-state index contributed by atoms with van der Waals surface area (Å²) >= 11 is 0. The number of aromatic nitrogens is 1. The summed E-state index contributed by atoms with van der Waals surface area (Å²) in [6, 6.07) is 18.5. The van der Waals surface area contributed by atoms with Gasteiger partial charge in [-0.1, -0.05) is 30.3 Å². The Morgan fingerprint density at radius 2 is 1.75 bits per heavy atom. The molecule has 1 aliphatic heterocycles. The van der Waals surface area contributed by atoms with Gasteiger partial charge in [0.05, 0.1) is 11.4 Å². The molecule has 0 amide bonds. The topological polar surface area (TPSA) is 28.5 Å². The van der Waals surface area contributed by atoms with Crippen molar-refractivity contribution in [1.82, 2.24) is 4.98 Å². The van der Waals surface area contributed by atoms with Crippen LogP contribution in [0, 0.1) is 0 Å². The molecule has 20 heavy (non-hydrogen) atoms. The van der Waals surface area contributed by atoms with Gasteiger partial charge in [0.25, 0.3) is 0 Å². The minimum atomic E-state index is 0.886. The SMILES string of the molecule is CN1C(c2ccccn2)=Nc2cccc3cccc1c23. The van der Waals surface area contributed by atoms with Crippen LogP contribution < -0.4 is 4.90 Å². The Hall–Kier alpha value is -2.68. The molecule has 3 aromatic rings. The molecule has 0 saturated carbocycles. The van der Waals surface area contributed by atoms with Crippen LogP contribution in [0.1, 0.15) is 5.69 Å². The minimum absolute atomic E-state index is 0.886. The summed E-state index contributed by atoms with van der Waals surface area (Å²) < 4.78 is 0. The normalized spacial score (nSPS) is 13.4. The fourth-order valence-electron chi connectivity index (χ4n) is 2.70. The molecular weight excluding hydrogens is 246 g/mol. The molecule has 0 spiro atoms. The van der Waals surface area contributed by atoms with Crippen LogP contribution in [0.15, 0.2) is 65.8 Å². The number of anilines is 1. The second-order valence-corrected chi connectivity index (χ2v) is 4.86. The summed E-state index contributed by atoms with van der Waals surface area (Å²) in [4.78, 5) is 11.3. The van der Waals surface area contributed by atoms with Gasteiger partial charge in [-0.05, 0) is 29.7 Å². The van der Waals surface area contributed by atoms with Gasteiger partial charge in [0.1, 0.15) is 5.69 Å². The number of nitrogens with zero attached hydrogens (tertiary/aromatic N) is 3. The van der Waals surface area contributed by atoms with Gasteiger partial charge in [-0.2, -0.15) is 0 Å². The number of aliphatic imine (C=N–C) groups is 1. The molecule has 1 aromatic heterocycles. The fourth-order valence-corrected chi connectivity index (χ4v) is 2.70. The Labute approximate surface area is 117 Å². The lowest BCUT2D eigenvalue weighted by Crippen LogP contribution is -2.29. The fraction of sp³-hybridized carbons (Fsp3) is 0.0588. The molecule has 0 unspecified atom stereocenters. The van der Waals surface area contributed by atoms with E-state index < -0.39 is 0 Å². The molecule has 2 aromatic carbocycles. The van der Waals surface area contributed by atoms with Crippen LogP contribution in [0.3, 0.4) is 0 Å². The van der Waals surface area contributed by atoms with Crippen molar-refractivity contribution < 1.29 is 0 Å². The van der Waals surface area contributed by atoms with Gasteiger partial charge < -0.3 is 4.90 Å². The van der Waals surface area contributed by atoms with Crippen molar-refractivity contribution in [3.8, 4) is 0 Å². The van der Waals surface area contributed by atoms with Crippen LogP contribution in [-0.2, 0) is 0 Å². The largest absolute Gasteiger partial charge is 0.327 e. The highest BCUT2D eigenvalue weighted by molar-refractivity contribution is 6.19. The molecular formula is C17H13N3. The van der Waals surface area contributed by atoms with Crippen LogP contribution in [0.25, 0.3) is 10.8 Å². The molecule has 0 atom stereocenters. The number of rotatable bonds is 1. The Bertz CT molecular complexity index is 817. The van der Waals surface area contributed by atoms with E-state index in [1.165, 1.54) is 16.5 Å². The lowest BCUT2D eigenvalue weighted by atomic mass is 10.0. The van der Waals surface area contributed by atoms with Gasteiger partial charge in [-0.3, -0.25) is 4.98 Å². The monoisotopic (exact) mass is 259 g/mol. The first-order valence-electron chi connectivity index (χ1n) is 6.60. The van der Waals surface area contributed by atoms with Gasteiger partial charge in [-0.15, -0.1) is 0 Å². The van der Waals surface area contributed by atoms with E-state index in [1.54, 1.807) is 6.20 Å². The third-order valence-electron chi connectivity index (χ3n) is 3.66. The van der Waals surface area contributed by atoms with Crippen LogP contribution in [0.2, 0.25) is 0 Å². The van der Waals surface area contributed by atoms with Crippen molar-refractivity contribution in [1.29, 1.82) is 0 Å². The molecule has 2 heterocycles. The van der Waals surface area contributed by atoms with Crippen LogP contribution in [-0.4, -0.2) is 17.9 Å². The highest BCUT2D eigenvalue weighted by Gasteiger charge is 2.21. The van der Waals surface area contributed by atoms with E-state index in [0.29, 0.717) is 0 Å². The Morgan fingerprint density at radius 3 is 2.55 bits per heavy atom.